The maximum Gasteiger partial charge on any atom is 0.119 e. The van der Waals surface area contributed by atoms with Crippen LogP contribution in [0.25, 0.3) is 0 Å². The van der Waals surface area contributed by atoms with Crippen molar-refractivity contribution in [2.24, 2.45) is 11.7 Å². The zero-order valence-corrected chi connectivity index (χ0v) is 9.49. The SMILES string of the molecule is CC(C)(N)c1ccc(OCC2CC2)cc1. The summed E-state index contributed by atoms with van der Waals surface area (Å²) in [6.45, 7) is 4.88. The molecule has 0 unspecified atom stereocenters. The highest BCUT2D eigenvalue weighted by molar-refractivity contribution is 5.30. The van der Waals surface area contributed by atoms with Gasteiger partial charge < -0.3 is 10.5 Å². The molecular weight excluding hydrogens is 186 g/mol. The van der Waals surface area contributed by atoms with Crippen LogP contribution in [0.15, 0.2) is 24.3 Å². The van der Waals surface area contributed by atoms with Crippen LogP contribution in [0, 0.1) is 5.92 Å². The van der Waals surface area contributed by atoms with E-state index in [0.29, 0.717) is 0 Å². The summed E-state index contributed by atoms with van der Waals surface area (Å²) >= 11 is 0. The van der Waals surface area contributed by atoms with Gasteiger partial charge >= 0.3 is 0 Å². The number of hydrogen-bond donors (Lipinski definition) is 1. The van der Waals surface area contributed by atoms with Crippen molar-refractivity contribution in [3.63, 3.8) is 0 Å². The average molecular weight is 205 g/mol. The Morgan fingerprint density at radius 1 is 1.27 bits per heavy atom. The van der Waals surface area contributed by atoms with Gasteiger partial charge in [-0.15, -0.1) is 0 Å². The van der Waals surface area contributed by atoms with Crippen LogP contribution >= 0.6 is 0 Å². The summed E-state index contributed by atoms with van der Waals surface area (Å²) in [6, 6.07) is 8.10. The van der Waals surface area contributed by atoms with Gasteiger partial charge in [-0.3, -0.25) is 0 Å². The van der Waals surface area contributed by atoms with Crippen molar-refractivity contribution in [3.8, 4) is 5.75 Å². The normalized spacial score (nSPS) is 16.5. The first kappa shape index (κ1) is 10.5. The molecule has 0 radical (unpaired) electrons. The minimum absolute atomic E-state index is 0.269. The maximum absolute atomic E-state index is 6.00. The third kappa shape index (κ3) is 2.96. The molecule has 0 aromatic heterocycles. The van der Waals surface area contributed by atoms with E-state index in [4.69, 9.17) is 10.5 Å². The summed E-state index contributed by atoms with van der Waals surface area (Å²) in [6.07, 6.45) is 2.65. The summed E-state index contributed by atoms with van der Waals surface area (Å²) in [5.74, 6) is 1.76. The molecule has 1 fully saturated rings. The fourth-order valence-electron chi connectivity index (χ4n) is 1.48. The number of benzene rings is 1. The van der Waals surface area contributed by atoms with Crippen LogP contribution < -0.4 is 10.5 Å². The van der Waals surface area contributed by atoms with Gasteiger partial charge in [-0.05, 0) is 50.3 Å². The predicted octanol–water partition coefficient (Wildman–Crippen LogP) is 2.67. The van der Waals surface area contributed by atoms with Gasteiger partial charge in [0.05, 0.1) is 6.61 Å². The summed E-state index contributed by atoms with van der Waals surface area (Å²) in [4.78, 5) is 0. The van der Waals surface area contributed by atoms with E-state index < -0.39 is 0 Å². The van der Waals surface area contributed by atoms with Gasteiger partial charge in [0.15, 0.2) is 0 Å². The van der Waals surface area contributed by atoms with Crippen LogP contribution in [0.5, 0.6) is 5.75 Å². The Bertz CT molecular complexity index is 319. The van der Waals surface area contributed by atoms with Gasteiger partial charge in [0, 0.05) is 5.54 Å². The molecule has 0 bridgehead atoms. The molecule has 0 saturated heterocycles. The first-order valence-electron chi connectivity index (χ1n) is 5.58. The number of nitrogens with two attached hydrogens (primary N) is 1. The Morgan fingerprint density at radius 2 is 1.87 bits per heavy atom. The molecule has 0 spiro atoms. The molecule has 0 atom stereocenters. The molecule has 1 saturated carbocycles. The largest absolute Gasteiger partial charge is 0.493 e. The molecule has 2 N–H and O–H groups in total. The van der Waals surface area contributed by atoms with E-state index in [9.17, 15) is 0 Å². The minimum atomic E-state index is -0.269. The molecule has 0 amide bonds. The van der Waals surface area contributed by atoms with Gasteiger partial charge in [0.25, 0.3) is 0 Å². The van der Waals surface area contributed by atoms with Crippen molar-refractivity contribution < 1.29 is 4.74 Å². The Labute approximate surface area is 91.4 Å². The van der Waals surface area contributed by atoms with Crippen molar-refractivity contribution >= 4 is 0 Å². The average Bonchev–Trinajstić information content (AvgIpc) is 2.97. The van der Waals surface area contributed by atoms with Crippen molar-refractivity contribution in [2.75, 3.05) is 6.61 Å². The third-order valence-electron chi connectivity index (χ3n) is 2.78. The van der Waals surface area contributed by atoms with E-state index in [1.807, 2.05) is 38.1 Å². The Hall–Kier alpha value is -1.02. The van der Waals surface area contributed by atoms with Gasteiger partial charge in [-0.1, -0.05) is 12.1 Å². The number of rotatable bonds is 4. The smallest absolute Gasteiger partial charge is 0.119 e. The van der Waals surface area contributed by atoms with Crippen LogP contribution in [0.4, 0.5) is 0 Å². The molecule has 0 aliphatic heterocycles. The lowest BCUT2D eigenvalue weighted by Crippen LogP contribution is -2.28. The molecule has 2 heteroatoms. The van der Waals surface area contributed by atoms with Crippen LogP contribution in [-0.4, -0.2) is 6.61 Å². The quantitative estimate of drug-likeness (QED) is 0.820. The van der Waals surface area contributed by atoms with Crippen LogP contribution in [0.2, 0.25) is 0 Å². The minimum Gasteiger partial charge on any atom is -0.493 e. The Balaban J connectivity index is 1.96. The molecule has 1 aliphatic rings. The summed E-state index contributed by atoms with van der Waals surface area (Å²) in [5.41, 5.74) is 6.87. The molecule has 82 valence electrons. The fourth-order valence-corrected chi connectivity index (χ4v) is 1.48. The lowest BCUT2D eigenvalue weighted by atomic mass is 9.96. The Morgan fingerprint density at radius 3 is 2.33 bits per heavy atom. The van der Waals surface area contributed by atoms with E-state index >= 15 is 0 Å². The molecular formula is C13H19NO. The second kappa shape index (κ2) is 3.86. The van der Waals surface area contributed by atoms with Gasteiger partial charge in [-0.2, -0.15) is 0 Å². The zero-order valence-electron chi connectivity index (χ0n) is 9.49. The van der Waals surface area contributed by atoms with E-state index in [1.54, 1.807) is 0 Å². The Kier molecular flexibility index (Phi) is 2.70. The van der Waals surface area contributed by atoms with E-state index in [-0.39, 0.29) is 5.54 Å². The van der Waals surface area contributed by atoms with Crippen molar-refractivity contribution in [1.82, 2.24) is 0 Å². The topological polar surface area (TPSA) is 35.2 Å². The van der Waals surface area contributed by atoms with Crippen LogP contribution in [0.1, 0.15) is 32.3 Å². The van der Waals surface area contributed by atoms with E-state index in [1.165, 1.54) is 12.8 Å². The molecule has 1 aromatic carbocycles. The summed E-state index contributed by atoms with van der Waals surface area (Å²) < 4.78 is 5.66. The van der Waals surface area contributed by atoms with Crippen LogP contribution in [0.3, 0.4) is 0 Å². The van der Waals surface area contributed by atoms with Crippen molar-refractivity contribution in [1.29, 1.82) is 0 Å². The first-order chi connectivity index (χ1) is 7.05. The number of ether oxygens (including phenoxy) is 1. The molecule has 1 aromatic rings. The second-order valence-electron chi connectivity index (χ2n) is 5.00. The zero-order chi connectivity index (χ0) is 10.9. The first-order valence-corrected chi connectivity index (χ1v) is 5.58. The van der Waals surface area contributed by atoms with E-state index in [2.05, 4.69) is 0 Å². The third-order valence-corrected chi connectivity index (χ3v) is 2.78. The standard InChI is InChI=1S/C13H19NO/c1-13(2,14)11-5-7-12(8-6-11)15-9-10-3-4-10/h5-8,10H,3-4,9,14H2,1-2H3. The lowest BCUT2D eigenvalue weighted by Gasteiger charge is -2.19. The monoisotopic (exact) mass is 205 g/mol. The van der Waals surface area contributed by atoms with Crippen molar-refractivity contribution in [2.45, 2.75) is 32.2 Å². The molecule has 15 heavy (non-hydrogen) atoms. The molecule has 0 heterocycles. The van der Waals surface area contributed by atoms with Crippen LogP contribution in [-0.2, 0) is 5.54 Å². The van der Waals surface area contributed by atoms with Gasteiger partial charge in [0.2, 0.25) is 0 Å². The highest BCUT2D eigenvalue weighted by atomic mass is 16.5. The predicted molar refractivity (Wildman–Crippen MR) is 61.9 cm³/mol. The second-order valence-corrected chi connectivity index (χ2v) is 5.00. The van der Waals surface area contributed by atoms with E-state index in [0.717, 1.165) is 23.8 Å². The summed E-state index contributed by atoms with van der Waals surface area (Å²) in [7, 11) is 0. The van der Waals surface area contributed by atoms with Gasteiger partial charge in [-0.25, -0.2) is 0 Å². The number of hydrogen-bond acceptors (Lipinski definition) is 2. The lowest BCUT2D eigenvalue weighted by molar-refractivity contribution is 0.299. The summed E-state index contributed by atoms with van der Waals surface area (Å²) in [5, 5.41) is 0. The maximum atomic E-state index is 6.00. The fraction of sp³-hybridized carbons (Fsp3) is 0.538. The molecule has 1 aliphatic carbocycles. The highest BCUT2D eigenvalue weighted by Gasteiger charge is 2.22. The van der Waals surface area contributed by atoms with Gasteiger partial charge in [0.1, 0.15) is 5.75 Å². The van der Waals surface area contributed by atoms with Crippen molar-refractivity contribution in [3.05, 3.63) is 29.8 Å². The highest BCUT2D eigenvalue weighted by Crippen LogP contribution is 2.29. The molecule has 2 rings (SSSR count). The molecule has 2 nitrogen and oxygen atoms in total.